The van der Waals surface area contributed by atoms with Gasteiger partial charge in [0.1, 0.15) is 0 Å². The molecule has 0 aromatic carbocycles. The summed E-state index contributed by atoms with van der Waals surface area (Å²) in [5.74, 6) is 0.158. The molecule has 4 rings (SSSR count). The van der Waals surface area contributed by atoms with E-state index in [-0.39, 0.29) is 11.4 Å². The summed E-state index contributed by atoms with van der Waals surface area (Å²) in [6, 6.07) is 0.891. The zero-order chi connectivity index (χ0) is 18.1. The molecule has 1 spiro atoms. The second-order valence-corrected chi connectivity index (χ2v) is 8.36. The molecular formula is C19H31N5O2. The van der Waals surface area contributed by atoms with Crippen LogP contribution < -0.4 is 5.32 Å². The number of carbonyl (C=O) groups excluding carboxylic acids is 1. The maximum Gasteiger partial charge on any atom is 0.234 e. The van der Waals surface area contributed by atoms with Crippen molar-refractivity contribution in [3.8, 4) is 0 Å². The van der Waals surface area contributed by atoms with Crippen molar-refractivity contribution >= 4 is 5.91 Å². The molecule has 0 saturated carbocycles. The van der Waals surface area contributed by atoms with Gasteiger partial charge in [-0.2, -0.15) is 5.10 Å². The van der Waals surface area contributed by atoms with E-state index in [1.807, 2.05) is 10.9 Å². The fraction of sp³-hybridized carbons (Fsp3) is 0.789. The van der Waals surface area contributed by atoms with Gasteiger partial charge in [-0.1, -0.05) is 0 Å². The van der Waals surface area contributed by atoms with E-state index in [1.54, 1.807) is 0 Å². The number of likely N-dealkylation sites (tertiary alicyclic amines) is 1. The van der Waals surface area contributed by atoms with Crippen LogP contribution in [0.15, 0.2) is 12.4 Å². The van der Waals surface area contributed by atoms with Gasteiger partial charge in [0, 0.05) is 43.5 Å². The van der Waals surface area contributed by atoms with Crippen molar-refractivity contribution in [1.29, 1.82) is 0 Å². The van der Waals surface area contributed by atoms with E-state index in [1.165, 1.54) is 5.56 Å². The minimum absolute atomic E-state index is 0.0269. The summed E-state index contributed by atoms with van der Waals surface area (Å²) in [6.07, 6.45) is 7.42. The molecule has 0 bridgehead atoms. The highest BCUT2D eigenvalue weighted by Crippen LogP contribution is 2.33. The predicted molar refractivity (Wildman–Crippen MR) is 98.8 cm³/mol. The number of nitrogens with zero attached hydrogens (tertiary/aromatic N) is 4. The number of carbonyl (C=O) groups is 1. The second-order valence-electron chi connectivity index (χ2n) is 8.36. The van der Waals surface area contributed by atoms with Gasteiger partial charge in [0.15, 0.2) is 0 Å². The SMILES string of the molecule is CC(C)n1cc(CN2CCC(N3CC(=O)NCC34CCOC4)CC2)cn1. The molecule has 7 nitrogen and oxygen atoms in total. The van der Waals surface area contributed by atoms with Gasteiger partial charge in [0.05, 0.1) is 24.9 Å². The van der Waals surface area contributed by atoms with Crippen molar-refractivity contribution in [2.24, 2.45) is 0 Å². The Bertz CT molecular complexity index is 630. The number of aromatic nitrogens is 2. The lowest BCUT2D eigenvalue weighted by Gasteiger charge is -2.49. The first-order valence-corrected chi connectivity index (χ1v) is 9.92. The van der Waals surface area contributed by atoms with Gasteiger partial charge in [0.25, 0.3) is 0 Å². The molecule has 1 aromatic heterocycles. The van der Waals surface area contributed by atoms with Crippen LogP contribution in [-0.2, 0) is 16.1 Å². The molecule has 1 aromatic rings. The van der Waals surface area contributed by atoms with Gasteiger partial charge < -0.3 is 10.1 Å². The fourth-order valence-corrected chi connectivity index (χ4v) is 4.61. The Morgan fingerprint density at radius 1 is 1.38 bits per heavy atom. The first-order chi connectivity index (χ1) is 12.6. The van der Waals surface area contributed by atoms with E-state index in [9.17, 15) is 4.79 Å². The molecule has 0 aliphatic carbocycles. The molecule has 1 unspecified atom stereocenters. The Kier molecular flexibility index (Phi) is 5.03. The molecule has 3 saturated heterocycles. The number of piperidine rings is 1. The molecule has 3 aliphatic heterocycles. The topological polar surface area (TPSA) is 62.6 Å². The smallest absolute Gasteiger partial charge is 0.234 e. The predicted octanol–water partition coefficient (Wildman–Crippen LogP) is 1.02. The molecule has 1 amide bonds. The molecule has 3 aliphatic rings. The minimum atomic E-state index is 0.0269. The van der Waals surface area contributed by atoms with Gasteiger partial charge in [-0.15, -0.1) is 0 Å². The summed E-state index contributed by atoms with van der Waals surface area (Å²) in [4.78, 5) is 17.0. The highest BCUT2D eigenvalue weighted by Gasteiger charge is 2.47. The van der Waals surface area contributed by atoms with Crippen LogP contribution in [0.3, 0.4) is 0 Å². The first-order valence-electron chi connectivity index (χ1n) is 9.92. The molecule has 1 N–H and O–H groups in total. The van der Waals surface area contributed by atoms with E-state index in [2.05, 4.69) is 40.3 Å². The highest BCUT2D eigenvalue weighted by atomic mass is 16.5. The van der Waals surface area contributed by atoms with Crippen LogP contribution in [0.5, 0.6) is 0 Å². The third kappa shape index (κ3) is 3.52. The van der Waals surface area contributed by atoms with Gasteiger partial charge >= 0.3 is 0 Å². The van der Waals surface area contributed by atoms with Crippen molar-refractivity contribution in [3.63, 3.8) is 0 Å². The molecule has 26 heavy (non-hydrogen) atoms. The Morgan fingerprint density at radius 3 is 2.85 bits per heavy atom. The average molecular weight is 361 g/mol. The third-order valence-electron chi connectivity index (χ3n) is 6.21. The Hall–Kier alpha value is -1.44. The van der Waals surface area contributed by atoms with Gasteiger partial charge in [0.2, 0.25) is 5.91 Å². The van der Waals surface area contributed by atoms with Crippen LogP contribution in [0, 0.1) is 0 Å². The van der Waals surface area contributed by atoms with Gasteiger partial charge in [-0.05, 0) is 46.2 Å². The van der Waals surface area contributed by atoms with Crippen LogP contribution in [-0.4, -0.2) is 76.5 Å². The van der Waals surface area contributed by atoms with E-state index >= 15 is 0 Å². The third-order valence-corrected chi connectivity index (χ3v) is 6.21. The number of rotatable bonds is 4. The normalized spacial score (nSPS) is 29.0. The Labute approximate surface area is 155 Å². The lowest BCUT2D eigenvalue weighted by atomic mass is 9.89. The van der Waals surface area contributed by atoms with Crippen LogP contribution in [0.1, 0.15) is 44.7 Å². The van der Waals surface area contributed by atoms with Crippen molar-refractivity contribution in [1.82, 2.24) is 24.9 Å². The zero-order valence-electron chi connectivity index (χ0n) is 16.0. The fourth-order valence-electron chi connectivity index (χ4n) is 4.61. The number of amides is 1. The summed E-state index contributed by atoms with van der Waals surface area (Å²) in [6.45, 7) is 10.2. The Morgan fingerprint density at radius 2 is 2.19 bits per heavy atom. The average Bonchev–Trinajstić information content (AvgIpc) is 3.28. The molecule has 0 radical (unpaired) electrons. The van der Waals surface area contributed by atoms with Gasteiger partial charge in [-0.3, -0.25) is 19.3 Å². The molecule has 3 fully saturated rings. The van der Waals surface area contributed by atoms with E-state index in [0.717, 1.165) is 58.7 Å². The van der Waals surface area contributed by atoms with Crippen molar-refractivity contribution < 1.29 is 9.53 Å². The highest BCUT2D eigenvalue weighted by molar-refractivity contribution is 5.79. The summed E-state index contributed by atoms with van der Waals surface area (Å²) < 4.78 is 7.73. The van der Waals surface area contributed by atoms with Crippen LogP contribution in [0.2, 0.25) is 0 Å². The number of nitrogens with one attached hydrogen (secondary N) is 1. The number of piperazine rings is 1. The van der Waals surface area contributed by atoms with Gasteiger partial charge in [-0.25, -0.2) is 0 Å². The maximum atomic E-state index is 12.0. The van der Waals surface area contributed by atoms with Crippen LogP contribution in [0.4, 0.5) is 0 Å². The summed E-state index contributed by atoms with van der Waals surface area (Å²) in [5, 5.41) is 7.51. The number of hydrogen-bond donors (Lipinski definition) is 1. The number of hydrogen-bond acceptors (Lipinski definition) is 5. The maximum absolute atomic E-state index is 12.0. The zero-order valence-corrected chi connectivity index (χ0v) is 16.0. The minimum Gasteiger partial charge on any atom is -0.379 e. The summed E-state index contributed by atoms with van der Waals surface area (Å²) in [5.41, 5.74) is 1.31. The lowest BCUT2D eigenvalue weighted by molar-refractivity contribution is -0.131. The van der Waals surface area contributed by atoms with Crippen molar-refractivity contribution in [3.05, 3.63) is 18.0 Å². The van der Waals surface area contributed by atoms with Crippen molar-refractivity contribution in [2.75, 3.05) is 39.4 Å². The second kappa shape index (κ2) is 7.29. The molecular weight excluding hydrogens is 330 g/mol. The summed E-state index contributed by atoms with van der Waals surface area (Å²) >= 11 is 0. The number of ether oxygens (including phenoxy) is 1. The molecule has 4 heterocycles. The lowest BCUT2D eigenvalue weighted by Crippen LogP contribution is -2.67. The van der Waals surface area contributed by atoms with Crippen molar-refractivity contribution in [2.45, 2.75) is 57.3 Å². The Balaban J connectivity index is 1.35. The molecule has 144 valence electrons. The van der Waals surface area contributed by atoms with E-state index < -0.39 is 0 Å². The van der Waals surface area contributed by atoms with E-state index in [0.29, 0.717) is 18.6 Å². The van der Waals surface area contributed by atoms with Crippen LogP contribution in [0.25, 0.3) is 0 Å². The quantitative estimate of drug-likeness (QED) is 0.868. The molecule has 7 heteroatoms. The monoisotopic (exact) mass is 361 g/mol. The summed E-state index contributed by atoms with van der Waals surface area (Å²) in [7, 11) is 0. The molecule has 1 atom stereocenters. The largest absolute Gasteiger partial charge is 0.379 e. The van der Waals surface area contributed by atoms with E-state index in [4.69, 9.17) is 4.74 Å². The first kappa shape index (κ1) is 17.9. The van der Waals surface area contributed by atoms with Crippen LogP contribution >= 0.6 is 0 Å². The standard InChI is InChI=1S/C19H31N5O2/c1-15(2)24-11-16(9-21-24)10-22-6-3-17(4-7-22)23-12-18(25)20-13-19(23)5-8-26-14-19/h9,11,15,17H,3-8,10,12-14H2,1-2H3,(H,20,25).